The van der Waals surface area contributed by atoms with Gasteiger partial charge in [0.1, 0.15) is 5.69 Å². The van der Waals surface area contributed by atoms with Gasteiger partial charge in [-0.2, -0.15) is 5.10 Å². The van der Waals surface area contributed by atoms with Crippen molar-refractivity contribution < 1.29 is 0 Å². The number of nitrogen functional groups attached to an aromatic ring is 1. The summed E-state index contributed by atoms with van der Waals surface area (Å²) in [5, 5.41) is 4.77. The summed E-state index contributed by atoms with van der Waals surface area (Å²) in [5.74, 6) is 0. The van der Waals surface area contributed by atoms with Crippen molar-refractivity contribution in [3.63, 3.8) is 0 Å². The Morgan fingerprint density at radius 1 is 1.10 bits per heavy atom. The van der Waals surface area contributed by atoms with Crippen molar-refractivity contribution in [1.82, 2.24) is 9.78 Å². The van der Waals surface area contributed by atoms with E-state index in [0.717, 1.165) is 24.2 Å². The Hall–Kier alpha value is -1.77. The number of nitrogens with two attached hydrogens (primary N) is 1. The molecule has 3 heteroatoms. The molecule has 0 aliphatic carbocycles. The van der Waals surface area contributed by atoms with Crippen LogP contribution >= 0.6 is 0 Å². The molecule has 0 aliphatic rings. The summed E-state index contributed by atoms with van der Waals surface area (Å²) in [6.45, 7) is 10.8. The molecule has 1 aromatic heterocycles. The highest BCUT2D eigenvalue weighted by Crippen LogP contribution is 2.32. The molecule has 1 aromatic carbocycles. The third-order valence-corrected chi connectivity index (χ3v) is 3.99. The molecule has 2 N–H and O–H groups in total. The van der Waals surface area contributed by atoms with Crippen LogP contribution in [0, 0.1) is 20.8 Å². The fraction of sp³-hybridized carbons (Fsp3) is 0.471. The van der Waals surface area contributed by atoms with Crippen molar-refractivity contribution >= 4 is 5.69 Å². The van der Waals surface area contributed by atoms with E-state index in [1.807, 2.05) is 10.9 Å². The lowest BCUT2D eigenvalue weighted by Crippen LogP contribution is -2.07. The molecule has 0 radical (unpaired) electrons. The number of rotatable bonds is 4. The summed E-state index contributed by atoms with van der Waals surface area (Å²) in [4.78, 5) is 0. The first kappa shape index (κ1) is 14.6. The van der Waals surface area contributed by atoms with Crippen molar-refractivity contribution in [1.29, 1.82) is 0 Å². The summed E-state index contributed by atoms with van der Waals surface area (Å²) in [6, 6.07) is 4.81. The first-order chi connectivity index (χ1) is 9.47. The van der Waals surface area contributed by atoms with Crippen LogP contribution in [-0.2, 0) is 0 Å². The number of hydrogen-bond acceptors (Lipinski definition) is 2. The zero-order valence-electron chi connectivity index (χ0n) is 13.2. The van der Waals surface area contributed by atoms with E-state index in [1.165, 1.54) is 22.3 Å². The third-order valence-electron chi connectivity index (χ3n) is 3.99. The molecule has 0 fully saturated rings. The maximum atomic E-state index is 6.21. The van der Waals surface area contributed by atoms with E-state index in [-0.39, 0.29) is 0 Å². The molecular weight excluding hydrogens is 246 g/mol. The molecule has 3 nitrogen and oxygen atoms in total. The Balaban J connectivity index is 2.54. The monoisotopic (exact) mass is 271 g/mol. The Morgan fingerprint density at radius 3 is 2.15 bits per heavy atom. The zero-order valence-corrected chi connectivity index (χ0v) is 13.2. The standard InChI is InChI=1S/C17H25N3/c1-6-14(7-2)20-10-15(18)17(19-20)16-12(4)8-11(3)9-13(16)5/h8-10,14H,6-7,18H2,1-5H3. The first-order valence-electron chi connectivity index (χ1n) is 7.40. The van der Waals surface area contributed by atoms with Gasteiger partial charge in [-0.15, -0.1) is 0 Å². The first-order valence-corrected chi connectivity index (χ1v) is 7.40. The van der Waals surface area contributed by atoms with Gasteiger partial charge in [-0.05, 0) is 44.7 Å². The van der Waals surface area contributed by atoms with Crippen molar-refractivity contribution in [2.45, 2.75) is 53.5 Å². The summed E-state index contributed by atoms with van der Waals surface area (Å²) in [6.07, 6.45) is 4.12. The largest absolute Gasteiger partial charge is 0.396 e. The molecule has 0 atom stereocenters. The predicted octanol–water partition coefficient (Wildman–Crippen LogP) is 4.42. The van der Waals surface area contributed by atoms with Gasteiger partial charge in [0.2, 0.25) is 0 Å². The van der Waals surface area contributed by atoms with Crippen LogP contribution in [0.15, 0.2) is 18.3 Å². The zero-order chi connectivity index (χ0) is 14.9. The van der Waals surface area contributed by atoms with Crippen LogP contribution in [-0.4, -0.2) is 9.78 Å². The van der Waals surface area contributed by atoms with Crippen LogP contribution in [0.3, 0.4) is 0 Å². The molecule has 0 unspecified atom stereocenters. The van der Waals surface area contributed by atoms with Crippen molar-refractivity contribution in [3.8, 4) is 11.3 Å². The molecule has 0 amide bonds. The number of nitrogens with zero attached hydrogens (tertiary/aromatic N) is 2. The number of hydrogen-bond donors (Lipinski definition) is 1. The van der Waals surface area contributed by atoms with Crippen LogP contribution in [0.4, 0.5) is 5.69 Å². The summed E-state index contributed by atoms with van der Waals surface area (Å²) in [7, 11) is 0. The molecule has 1 heterocycles. The van der Waals surface area contributed by atoms with Crippen LogP contribution in [0.25, 0.3) is 11.3 Å². The van der Waals surface area contributed by atoms with Gasteiger partial charge in [-0.3, -0.25) is 4.68 Å². The minimum absolute atomic E-state index is 0.428. The second kappa shape index (κ2) is 5.70. The quantitative estimate of drug-likeness (QED) is 0.894. The van der Waals surface area contributed by atoms with E-state index >= 15 is 0 Å². The third kappa shape index (κ3) is 2.58. The predicted molar refractivity (Wildman–Crippen MR) is 85.9 cm³/mol. The molecule has 0 aliphatic heterocycles. The lowest BCUT2D eigenvalue weighted by atomic mass is 9.97. The molecule has 2 aromatic rings. The van der Waals surface area contributed by atoms with Gasteiger partial charge in [-0.25, -0.2) is 0 Å². The second-order valence-electron chi connectivity index (χ2n) is 5.66. The van der Waals surface area contributed by atoms with Crippen molar-refractivity contribution in [2.75, 3.05) is 5.73 Å². The molecule has 2 rings (SSSR count). The van der Waals surface area contributed by atoms with Crippen molar-refractivity contribution in [3.05, 3.63) is 35.0 Å². The van der Waals surface area contributed by atoms with Crippen molar-refractivity contribution in [2.24, 2.45) is 0 Å². The Labute approximate surface area is 121 Å². The van der Waals surface area contributed by atoms with E-state index in [1.54, 1.807) is 0 Å². The highest BCUT2D eigenvalue weighted by atomic mass is 15.3. The Bertz CT molecular complexity index is 584. The molecule has 108 valence electrons. The van der Waals surface area contributed by atoms with Crippen LogP contribution in [0.2, 0.25) is 0 Å². The number of anilines is 1. The average molecular weight is 271 g/mol. The van der Waals surface area contributed by atoms with E-state index in [4.69, 9.17) is 10.8 Å². The average Bonchev–Trinajstić information content (AvgIpc) is 2.72. The summed E-state index contributed by atoms with van der Waals surface area (Å²) < 4.78 is 2.03. The molecule has 0 spiro atoms. The van der Waals surface area contributed by atoms with E-state index < -0.39 is 0 Å². The van der Waals surface area contributed by atoms with Gasteiger partial charge >= 0.3 is 0 Å². The minimum Gasteiger partial charge on any atom is -0.396 e. The number of aromatic nitrogens is 2. The number of benzene rings is 1. The van der Waals surface area contributed by atoms with Gasteiger partial charge in [0.05, 0.1) is 11.7 Å². The Morgan fingerprint density at radius 2 is 1.65 bits per heavy atom. The van der Waals surface area contributed by atoms with E-state index in [9.17, 15) is 0 Å². The van der Waals surface area contributed by atoms with Gasteiger partial charge < -0.3 is 5.73 Å². The maximum Gasteiger partial charge on any atom is 0.116 e. The fourth-order valence-corrected chi connectivity index (χ4v) is 3.00. The molecule has 20 heavy (non-hydrogen) atoms. The SMILES string of the molecule is CCC(CC)n1cc(N)c(-c2c(C)cc(C)cc2C)n1. The molecule has 0 saturated heterocycles. The normalized spacial score (nSPS) is 11.3. The Kier molecular flexibility index (Phi) is 4.17. The molecular formula is C17H25N3. The topological polar surface area (TPSA) is 43.8 Å². The molecule has 0 bridgehead atoms. The smallest absolute Gasteiger partial charge is 0.116 e. The highest BCUT2D eigenvalue weighted by Gasteiger charge is 2.16. The van der Waals surface area contributed by atoms with Crippen LogP contribution in [0.5, 0.6) is 0 Å². The van der Waals surface area contributed by atoms with Crippen LogP contribution < -0.4 is 5.73 Å². The lowest BCUT2D eigenvalue weighted by molar-refractivity contribution is 0.429. The van der Waals surface area contributed by atoms with Gasteiger partial charge in [0, 0.05) is 11.8 Å². The second-order valence-corrected chi connectivity index (χ2v) is 5.66. The summed E-state index contributed by atoms with van der Waals surface area (Å²) >= 11 is 0. The van der Waals surface area contributed by atoms with E-state index in [2.05, 4.69) is 46.8 Å². The fourth-order valence-electron chi connectivity index (χ4n) is 3.00. The lowest BCUT2D eigenvalue weighted by Gasteiger charge is -2.13. The minimum atomic E-state index is 0.428. The van der Waals surface area contributed by atoms with Gasteiger partial charge in [0.15, 0.2) is 0 Å². The maximum absolute atomic E-state index is 6.21. The van der Waals surface area contributed by atoms with Crippen LogP contribution in [0.1, 0.15) is 49.4 Å². The summed E-state index contributed by atoms with van der Waals surface area (Å²) in [5.41, 5.74) is 12.8. The van der Waals surface area contributed by atoms with Gasteiger partial charge in [-0.1, -0.05) is 31.5 Å². The highest BCUT2D eigenvalue weighted by molar-refractivity contribution is 5.77. The number of aryl methyl sites for hydroxylation is 3. The molecule has 0 saturated carbocycles. The van der Waals surface area contributed by atoms with Gasteiger partial charge in [0.25, 0.3) is 0 Å². The van der Waals surface area contributed by atoms with E-state index in [0.29, 0.717) is 6.04 Å².